The van der Waals surface area contributed by atoms with Gasteiger partial charge in [-0.05, 0) is 181 Å². The van der Waals surface area contributed by atoms with E-state index in [0.717, 1.165) is 81.2 Å². The number of anilines is 1. The molecule has 4 N–H and O–H groups in total. The summed E-state index contributed by atoms with van der Waals surface area (Å²) >= 11 is 1.70. The van der Waals surface area contributed by atoms with E-state index in [2.05, 4.69) is 59.7 Å². The first-order chi connectivity index (χ1) is 46.3. The van der Waals surface area contributed by atoms with Crippen molar-refractivity contribution in [3.05, 3.63) is 251 Å². The zero-order valence-electron chi connectivity index (χ0n) is 51.8. The molecule has 98 heavy (non-hydrogen) atoms. The molecule has 502 valence electrons. The minimum Gasteiger partial charge on any atom is -0.444 e. The standard InChI is InChI=1S/C27H24F3N3O2.C23H14F6N2O2S.C23H17F3N2S/c1-26(2,3)35-25(34)33-21-7-5-4-6-20(21)18-11-14-22-23(16-18)32-24(31-22)15-10-17-8-12-19(13-9-17)27(28,29)30;24-22(25,26)18-4-2-1-3-17(18)15-8-11-19-20(13-15)31-21(30-19)12-7-14-5-9-16(10-6-14)34(32,33)23(27,28)29;1-29-21-5-3-2-4-18(21)16-9-12-19-20(14-16)28-22(27-19)13-8-15-6-10-17(11-7-15)23(24,25)26/h4-16H,1-3H3,(H,31,32)(H,33,34);1-13H,(H,30,31);2-14H,1H3,(H,27,28)/b15-10+;12-7+;13-8+. The maximum absolute atomic E-state index is 13.3. The van der Waals surface area contributed by atoms with Crippen LogP contribution in [0.5, 0.6) is 0 Å². The topological polar surface area (TPSA) is 159 Å². The van der Waals surface area contributed by atoms with Crippen molar-refractivity contribution in [2.24, 2.45) is 0 Å². The third kappa shape index (κ3) is 17.5. The van der Waals surface area contributed by atoms with E-state index in [1.165, 1.54) is 83.3 Å². The highest BCUT2D eigenvalue weighted by Gasteiger charge is 2.47. The first kappa shape index (κ1) is 70.1. The smallest absolute Gasteiger partial charge is 0.444 e. The first-order valence-electron chi connectivity index (χ1n) is 29.5. The Hall–Kier alpha value is -10.7. The van der Waals surface area contributed by atoms with Gasteiger partial charge in [-0.3, -0.25) is 5.32 Å². The van der Waals surface area contributed by atoms with Crippen LogP contribution >= 0.6 is 11.8 Å². The third-order valence-electron chi connectivity index (χ3n) is 14.6. The van der Waals surface area contributed by atoms with Crippen LogP contribution in [0.3, 0.4) is 0 Å². The van der Waals surface area contributed by atoms with Gasteiger partial charge in [-0.2, -0.15) is 52.7 Å². The predicted octanol–water partition coefficient (Wildman–Crippen LogP) is 21.6. The van der Waals surface area contributed by atoms with Gasteiger partial charge in [0.2, 0.25) is 0 Å². The van der Waals surface area contributed by atoms with E-state index in [-0.39, 0.29) is 5.56 Å². The molecule has 0 aliphatic rings. The molecule has 0 radical (unpaired) electrons. The first-order valence-corrected chi connectivity index (χ1v) is 32.2. The number of hydrogen-bond donors (Lipinski definition) is 4. The molecule has 0 aliphatic carbocycles. The van der Waals surface area contributed by atoms with Gasteiger partial charge in [-0.1, -0.05) is 127 Å². The number of H-pyrrole nitrogens is 3. The molecule has 12 aromatic rings. The normalized spacial score (nSPS) is 12.5. The molecule has 25 heteroatoms. The monoisotopic (exact) mass is 1390 g/mol. The molecule has 12 rings (SSSR count). The van der Waals surface area contributed by atoms with Crippen molar-refractivity contribution in [1.29, 1.82) is 0 Å². The van der Waals surface area contributed by atoms with E-state index in [9.17, 15) is 65.9 Å². The average molecular weight is 1390 g/mol. The molecule has 11 nitrogen and oxygen atoms in total. The molecule has 0 fully saturated rings. The Balaban J connectivity index is 0.000000160. The van der Waals surface area contributed by atoms with E-state index in [1.54, 1.807) is 75.0 Å². The number of carbonyl (C=O) groups excluding carboxylic acids is 1. The van der Waals surface area contributed by atoms with Crippen molar-refractivity contribution >= 4 is 103 Å². The number of hydrogen-bond acceptors (Lipinski definition) is 8. The number of carbonyl (C=O) groups is 1. The number of imidazole rings is 3. The maximum atomic E-state index is 13.3. The summed E-state index contributed by atoms with van der Waals surface area (Å²) in [4.78, 5) is 35.4. The van der Waals surface area contributed by atoms with Crippen molar-refractivity contribution in [1.82, 2.24) is 29.9 Å². The summed E-state index contributed by atoms with van der Waals surface area (Å²) in [5, 5.41) is 2.80. The minimum atomic E-state index is -5.43. The van der Waals surface area contributed by atoms with Crippen LogP contribution in [0.1, 0.15) is 71.6 Å². The number of aromatic nitrogens is 6. The molecular formula is C73H55F12N7O4S2. The second-order valence-corrected chi connectivity index (χ2v) is 25.5. The molecule has 0 atom stereocenters. The van der Waals surface area contributed by atoms with E-state index >= 15 is 0 Å². The van der Waals surface area contributed by atoms with Gasteiger partial charge in [-0.15, -0.1) is 11.8 Å². The molecular weight excluding hydrogens is 1330 g/mol. The summed E-state index contributed by atoms with van der Waals surface area (Å²) in [6, 6.07) is 51.3. The van der Waals surface area contributed by atoms with E-state index < -0.39 is 67.2 Å². The van der Waals surface area contributed by atoms with Crippen molar-refractivity contribution in [2.45, 2.75) is 60.2 Å². The predicted molar refractivity (Wildman–Crippen MR) is 361 cm³/mol. The van der Waals surface area contributed by atoms with Crippen LogP contribution in [0.2, 0.25) is 0 Å². The van der Waals surface area contributed by atoms with Crippen LogP contribution < -0.4 is 5.32 Å². The summed E-state index contributed by atoms with van der Waals surface area (Å²) in [5.41, 5.74) is 2.79. The number of para-hydroxylation sites is 1. The fourth-order valence-corrected chi connectivity index (χ4v) is 11.3. The molecule has 0 unspecified atom stereocenters. The SMILES string of the molecule is CC(C)(C)OC(=O)Nc1ccccc1-c1ccc2nc(/C=C/c3ccc(C(F)(F)F)cc3)[nH]c2c1.CSc1ccccc1-c1ccc2nc(/C=C/c3ccc(C(F)(F)F)cc3)[nH]c2c1.O=S(=O)(c1ccc(/C=C/c2nc3ccc(-c4ccccc4C(F)(F)F)cc3[nH]2)cc1)C(F)(F)F. The number of aromatic amines is 3. The lowest BCUT2D eigenvalue weighted by Crippen LogP contribution is -2.27. The summed E-state index contributed by atoms with van der Waals surface area (Å²) in [5.74, 6) is 1.57. The lowest BCUT2D eigenvalue weighted by molar-refractivity contribution is -0.138. The van der Waals surface area contributed by atoms with E-state index in [0.29, 0.717) is 56.4 Å². The van der Waals surface area contributed by atoms with Crippen molar-refractivity contribution in [3.63, 3.8) is 0 Å². The highest BCUT2D eigenvalue weighted by molar-refractivity contribution is 7.98. The van der Waals surface area contributed by atoms with Crippen LogP contribution in [-0.2, 0) is 33.1 Å². The summed E-state index contributed by atoms with van der Waals surface area (Å²) in [6.07, 6.45) is -1.77. The number of sulfone groups is 1. The Bertz CT molecular complexity index is 5050. The Morgan fingerprint density at radius 2 is 0.827 bits per heavy atom. The number of fused-ring (bicyclic) bond motifs is 3. The summed E-state index contributed by atoms with van der Waals surface area (Å²) in [7, 11) is -5.43. The molecule has 3 aromatic heterocycles. The Morgan fingerprint density at radius 1 is 0.449 bits per heavy atom. The number of amides is 1. The number of rotatable bonds is 12. The average Bonchev–Trinajstić information content (AvgIpc) is 1.11. The van der Waals surface area contributed by atoms with Gasteiger partial charge in [0.05, 0.1) is 60.4 Å². The zero-order chi connectivity index (χ0) is 70.4. The molecule has 0 saturated heterocycles. The maximum Gasteiger partial charge on any atom is 0.501 e. The molecule has 9 aromatic carbocycles. The van der Waals surface area contributed by atoms with Gasteiger partial charge in [0.15, 0.2) is 0 Å². The highest BCUT2D eigenvalue weighted by Crippen LogP contribution is 2.39. The number of nitrogens with one attached hydrogen (secondary N) is 4. The largest absolute Gasteiger partial charge is 0.501 e. The van der Waals surface area contributed by atoms with Crippen molar-refractivity contribution in [2.75, 3.05) is 11.6 Å². The van der Waals surface area contributed by atoms with Crippen molar-refractivity contribution < 1.29 is 70.6 Å². The molecule has 1 amide bonds. The highest BCUT2D eigenvalue weighted by atomic mass is 32.2. The van der Waals surface area contributed by atoms with Gasteiger partial charge >= 0.3 is 30.1 Å². The van der Waals surface area contributed by atoms with E-state index in [4.69, 9.17) is 4.74 Å². The minimum absolute atomic E-state index is 0.0255. The number of nitrogens with zero attached hydrogens (tertiary/aromatic N) is 3. The number of ether oxygens (including phenoxy) is 1. The Kier molecular flexibility index (Phi) is 20.5. The fraction of sp³-hybridized carbons (Fsp3) is 0.123. The van der Waals surface area contributed by atoms with Gasteiger partial charge in [-0.25, -0.2) is 28.2 Å². The van der Waals surface area contributed by atoms with Crippen LogP contribution in [0, 0.1) is 0 Å². The van der Waals surface area contributed by atoms with Gasteiger partial charge in [0.1, 0.15) is 23.1 Å². The van der Waals surface area contributed by atoms with Gasteiger partial charge < -0.3 is 19.7 Å². The molecule has 0 spiro atoms. The number of halogens is 12. The molecule has 0 bridgehead atoms. The lowest BCUT2D eigenvalue weighted by Gasteiger charge is -2.20. The zero-order valence-corrected chi connectivity index (χ0v) is 53.5. The fourth-order valence-electron chi connectivity index (χ4n) is 9.93. The molecule has 0 saturated carbocycles. The molecule has 0 aliphatic heterocycles. The van der Waals surface area contributed by atoms with Crippen molar-refractivity contribution in [3.8, 4) is 33.4 Å². The second-order valence-electron chi connectivity index (χ2n) is 22.7. The van der Waals surface area contributed by atoms with Crippen LogP contribution in [0.25, 0.3) is 103 Å². The van der Waals surface area contributed by atoms with Crippen LogP contribution in [0.4, 0.5) is 63.2 Å². The third-order valence-corrected chi connectivity index (χ3v) is 16.9. The van der Waals surface area contributed by atoms with Crippen LogP contribution in [-0.4, -0.2) is 61.8 Å². The van der Waals surface area contributed by atoms with Gasteiger partial charge in [0, 0.05) is 10.5 Å². The number of alkyl halides is 12. The number of benzene rings is 9. The Morgan fingerprint density at radius 3 is 1.23 bits per heavy atom. The van der Waals surface area contributed by atoms with Crippen LogP contribution in [0.15, 0.2) is 210 Å². The quantitative estimate of drug-likeness (QED) is 0.0695. The second kappa shape index (κ2) is 28.6. The lowest BCUT2D eigenvalue weighted by atomic mass is 9.99. The Labute approximate surface area is 557 Å². The van der Waals surface area contributed by atoms with E-state index in [1.807, 2.05) is 60.7 Å². The summed E-state index contributed by atoms with van der Waals surface area (Å²) < 4.78 is 182. The van der Waals surface area contributed by atoms with Gasteiger partial charge in [0.25, 0.3) is 9.84 Å². The summed E-state index contributed by atoms with van der Waals surface area (Å²) in [6.45, 7) is 5.40. The number of thioether (sulfide) groups is 1. The molecule has 3 heterocycles.